The second kappa shape index (κ2) is 4.16. The lowest BCUT2D eigenvalue weighted by Crippen LogP contribution is -2.31. The molecule has 1 aliphatic rings. The quantitative estimate of drug-likeness (QED) is 0.725. The van der Waals surface area contributed by atoms with Crippen molar-refractivity contribution in [3.8, 4) is 5.75 Å². The lowest BCUT2D eigenvalue weighted by molar-refractivity contribution is -0.122. The Kier molecular flexibility index (Phi) is 2.86. The van der Waals surface area contributed by atoms with Gasteiger partial charge in [0, 0.05) is 7.05 Å². The van der Waals surface area contributed by atoms with Gasteiger partial charge in [-0.3, -0.25) is 4.79 Å². The molecule has 0 saturated heterocycles. The highest BCUT2D eigenvalue weighted by Gasteiger charge is 2.25. The van der Waals surface area contributed by atoms with E-state index in [2.05, 4.69) is 6.92 Å². The predicted molar refractivity (Wildman–Crippen MR) is 63.9 cm³/mol. The van der Waals surface area contributed by atoms with E-state index in [1.807, 2.05) is 32.2 Å². The molecule has 0 spiro atoms. The van der Waals surface area contributed by atoms with Crippen LogP contribution in [0.2, 0.25) is 0 Å². The molecule has 1 unspecified atom stereocenters. The summed E-state index contributed by atoms with van der Waals surface area (Å²) in [6.07, 6.45) is 0.963. The summed E-state index contributed by atoms with van der Waals surface area (Å²) < 4.78 is 5.64. The molecule has 0 N–H and O–H groups in total. The molecule has 16 heavy (non-hydrogen) atoms. The predicted octanol–water partition coefficient (Wildman–Crippen LogP) is 2.24. The van der Waals surface area contributed by atoms with Crippen molar-refractivity contribution >= 4 is 11.6 Å². The van der Waals surface area contributed by atoms with E-state index in [1.54, 1.807) is 4.90 Å². The maximum atomic E-state index is 12.0. The van der Waals surface area contributed by atoms with Crippen LogP contribution in [0.4, 0.5) is 5.69 Å². The highest BCUT2D eigenvalue weighted by Crippen LogP contribution is 2.32. The third kappa shape index (κ3) is 1.77. The van der Waals surface area contributed by atoms with E-state index in [9.17, 15) is 4.79 Å². The minimum Gasteiger partial charge on any atom is -0.491 e. The molecule has 0 aromatic heterocycles. The van der Waals surface area contributed by atoms with Gasteiger partial charge in [0.1, 0.15) is 5.75 Å². The fourth-order valence-electron chi connectivity index (χ4n) is 1.90. The average molecular weight is 219 g/mol. The van der Waals surface area contributed by atoms with Crippen LogP contribution in [-0.2, 0) is 11.2 Å². The minimum absolute atomic E-state index is 0.0810. The van der Waals surface area contributed by atoms with Gasteiger partial charge in [-0.25, -0.2) is 0 Å². The van der Waals surface area contributed by atoms with Crippen molar-refractivity contribution in [3.05, 3.63) is 23.8 Å². The second-order valence-corrected chi connectivity index (χ2v) is 4.26. The molecule has 1 amide bonds. The van der Waals surface area contributed by atoms with Crippen LogP contribution >= 0.6 is 0 Å². The smallest absolute Gasteiger partial charge is 0.233 e. The molecule has 3 heteroatoms. The highest BCUT2D eigenvalue weighted by molar-refractivity contribution is 5.96. The number of anilines is 1. The molecule has 1 aromatic carbocycles. The average Bonchev–Trinajstić information content (AvgIpc) is 2.42. The fourth-order valence-corrected chi connectivity index (χ4v) is 1.90. The maximum absolute atomic E-state index is 12.0. The van der Waals surface area contributed by atoms with Crippen LogP contribution in [0.5, 0.6) is 5.75 Å². The lowest BCUT2D eigenvalue weighted by Gasteiger charge is -2.18. The molecule has 1 heterocycles. The van der Waals surface area contributed by atoms with Crippen LogP contribution in [0.25, 0.3) is 0 Å². The number of nitrogens with zero attached hydrogens (tertiary/aromatic N) is 1. The van der Waals surface area contributed by atoms with E-state index in [0.717, 1.165) is 17.9 Å². The SMILES string of the molecule is CCc1ccc2c(c1)N(C)C(=O)C(C)CO2. The monoisotopic (exact) mass is 219 g/mol. The normalized spacial score (nSPS) is 20.1. The number of rotatable bonds is 1. The van der Waals surface area contributed by atoms with E-state index >= 15 is 0 Å². The Morgan fingerprint density at radius 1 is 1.50 bits per heavy atom. The Hall–Kier alpha value is -1.51. The number of hydrogen-bond acceptors (Lipinski definition) is 2. The summed E-state index contributed by atoms with van der Waals surface area (Å²) in [4.78, 5) is 13.7. The number of ether oxygens (including phenoxy) is 1. The van der Waals surface area contributed by atoms with Crippen LogP contribution in [0.3, 0.4) is 0 Å². The molecule has 0 fully saturated rings. The van der Waals surface area contributed by atoms with Crippen molar-refractivity contribution < 1.29 is 9.53 Å². The third-order valence-electron chi connectivity index (χ3n) is 3.03. The first-order valence-corrected chi connectivity index (χ1v) is 5.66. The zero-order valence-corrected chi connectivity index (χ0v) is 9.99. The van der Waals surface area contributed by atoms with E-state index in [4.69, 9.17) is 4.74 Å². The van der Waals surface area contributed by atoms with Gasteiger partial charge in [-0.15, -0.1) is 0 Å². The van der Waals surface area contributed by atoms with Crippen LogP contribution < -0.4 is 9.64 Å². The highest BCUT2D eigenvalue weighted by atomic mass is 16.5. The topological polar surface area (TPSA) is 29.5 Å². The Balaban J connectivity index is 2.45. The fraction of sp³-hybridized carbons (Fsp3) is 0.462. The van der Waals surface area contributed by atoms with Gasteiger partial charge < -0.3 is 9.64 Å². The Labute approximate surface area is 96.0 Å². The van der Waals surface area contributed by atoms with Crippen LogP contribution in [0, 0.1) is 5.92 Å². The van der Waals surface area contributed by atoms with Gasteiger partial charge in [-0.1, -0.05) is 19.9 Å². The van der Waals surface area contributed by atoms with E-state index < -0.39 is 0 Å². The third-order valence-corrected chi connectivity index (χ3v) is 3.03. The Bertz CT molecular complexity index is 414. The standard InChI is InChI=1S/C13H17NO2/c1-4-10-5-6-12-11(7-10)14(3)13(15)9(2)8-16-12/h5-7,9H,4,8H2,1-3H3. The number of carbonyl (C=O) groups excluding carboxylic acids is 1. The van der Waals surface area contributed by atoms with Crippen molar-refractivity contribution in [1.29, 1.82) is 0 Å². The second-order valence-electron chi connectivity index (χ2n) is 4.26. The van der Waals surface area contributed by atoms with E-state index in [-0.39, 0.29) is 11.8 Å². The van der Waals surface area contributed by atoms with Crippen molar-refractivity contribution in [3.63, 3.8) is 0 Å². The van der Waals surface area contributed by atoms with Crippen molar-refractivity contribution in [2.24, 2.45) is 5.92 Å². The first kappa shape index (κ1) is 11.0. The molecule has 0 radical (unpaired) electrons. The molecule has 2 rings (SSSR count). The number of carbonyl (C=O) groups is 1. The van der Waals surface area contributed by atoms with Gasteiger partial charge >= 0.3 is 0 Å². The van der Waals surface area contributed by atoms with Crippen LogP contribution in [0.15, 0.2) is 18.2 Å². The van der Waals surface area contributed by atoms with Gasteiger partial charge in [-0.2, -0.15) is 0 Å². The largest absolute Gasteiger partial charge is 0.491 e. The maximum Gasteiger partial charge on any atom is 0.233 e. The van der Waals surface area contributed by atoms with Gasteiger partial charge in [0.25, 0.3) is 0 Å². The number of benzene rings is 1. The molecular formula is C13H17NO2. The molecule has 0 saturated carbocycles. The lowest BCUT2D eigenvalue weighted by atomic mass is 10.1. The number of aryl methyl sites for hydroxylation is 1. The number of fused-ring (bicyclic) bond motifs is 1. The zero-order valence-electron chi connectivity index (χ0n) is 9.99. The molecule has 0 bridgehead atoms. The number of hydrogen-bond donors (Lipinski definition) is 0. The summed E-state index contributed by atoms with van der Waals surface area (Å²) in [5.74, 6) is 0.840. The zero-order chi connectivity index (χ0) is 11.7. The summed E-state index contributed by atoms with van der Waals surface area (Å²) in [6.45, 7) is 4.46. The molecule has 1 atom stereocenters. The minimum atomic E-state index is -0.0810. The summed E-state index contributed by atoms with van der Waals surface area (Å²) in [5.41, 5.74) is 2.10. The van der Waals surface area contributed by atoms with Gasteiger partial charge in [0.2, 0.25) is 5.91 Å². The first-order chi connectivity index (χ1) is 7.63. The molecule has 1 aromatic rings. The Morgan fingerprint density at radius 3 is 2.94 bits per heavy atom. The van der Waals surface area contributed by atoms with Gasteiger partial charge in [-0.05, 0) is 24.1 Å². The number of amides is 1. The van der Waals surface area contributed by atoms with Crippen molar-refractivity contribution in [2.75, 3.05) is 18.6 Å². The van der Waals surface area contributed by atoms with Gasteiger partial charge in [0.15, 0.2) is 0 Å². The molecular weight excluding hydrogens is 202 g/mol. The Morgan fingerprint density at radius 2 is 2.25 bits per heavy atom. The van der Waals surface area contributed by atoms with Crippen molar-refractivity contribution in [1.82, 2.24) is 0 Å². The summed E-state index contributed by atoms with van der Waals surface area (Å²) >= 11 is 0. The van der Waals surface area contributed by atoms with Crippen LogP contribution in [-0.4, -0.2) is 19.6 Å². The van der Waals surface area contributed by atoms with E-state index in [1.165, 1.54) is 5.56 Å². The molecule has 86 valence electrons. The molecule has 0 aliphatic carbocycles. The summed E-state index contributed by atoms with van der Waals surface area (Å²) in [5, 5.41) is 0. The van der Waals surface area contributed by atoms with Crippen molar-refractivity contribution in [2.45, 2.75) is 20.3 Å². The van der Waals surface area contributed by atoms with Gasteiger partial charge in [0.05, 0.1) is 18.2 Å². The van der Waals surface area contributed by atoms with E-state index in [0.29, 0.717) is 6.61 Å². The summed E-state index contributed by atoms with van der Waals surface area (Å²) in [6, 6.07) is 6.04. The molecule has 3 nitrogen and oxygen atoms in total. The van der Waals surface area contributed by atoms with Crippen LogP contribution in [0.1, 0.15) is 19.4 Å². The molecule has 1 aliphatic heterocycles. The summed E-state index contributed by atoms with van der Waals surface area (Å²) in [7, 11) is 1.81. The first-order valence-electron chi connectivity index (χ1n) is 5.66.